The lowest BCUT2D eigenvalue weighted by Crippen LogP contribution is -2.43. The van der Waals surface area contributed by atoms with Crippen LogP contribution >= 0.6 is 0 Å². The van der Waals surface area contributed by atoms with Crippen LogP contribution in [0.2, 0.25) is 0 Å². The van der Waals surface area contributed by atoms with Crippen LogP contribution in [0.4, 0.5) is 11.4 Å². The largest absolute Gasteiger partial charge is 0.369 e. The van der Waals surface area contributed by atoms with Crippen molar-refractivity contribution in [2.75, 3.05) is 42.5 Å². The average Bonchev–Trinajstić information content (AvgIpc) is 3.31. The SMILES string of the molecule is C1=Cc2cc(N3CCNCC3)ccc2N(C2CC2)C1. The van der Waals surface area contributed by atoms with Crippen LogP contribution in [0.3, 0.4) is 0 Å². The summed E-state index contributed by atoms with van der Waals surface area (Å²) in [6.45, 7) is 5.52. The fourth-order valence-electron chi connectivity index (χ4n) is 3.18. The van der Waals surface area contributed by atoms with E-state index in [2.05, 4.69) is 45.5 Å². The molecule has 100 valence electrons. The molecule has 4 rings (SSSR count). The van der Waals surface area contributed by atoms with Crippen molar-refractivity contribution in [1.29, 1.82) is 0 Å². The number of fused-ring (bicyclic) bond motifs is 1. The van der Waals surface area contributed by atoms with Gasteiger partial charge in [-0.2, -0.15) is 0 Å². The predicted octanol–water partition coefficient (Wildman–Crippen LogP) is 2.09. The number of anilines is 2. The normalized spacial score (nSPS) is 22.5. The van der Waals surface area contributed by atoms with Crippen LogP contribution in [-0.4, -0.2) is 38.8 Å². The van der Waals surface area contributed by atoms with Crippen LogP contribution in [0.5, 0.6) is 0 Å². The molecule has 1 aliphatic carbocycles. The Kier molecular flexibility index (Phi) is 2.73. The summed E-state index contributed by atoms with van der Waals surface area (Å²) in [4.78, 5) is 5.05. The lowest BCUT2D eigenvalue weighted by atomic mass is 10.1. The predicted molar refractivity (Wildman–Crippen MR) is 80.9 cm³/mol. The summed E-state index contributed by atoms with van der Waals surface area (Å²) in [5.74, 6) is 0. The molecule has 0 unspecified atom stereocenters. The first-order valence-corrected chi connectivity index (χ1v) is 7.45. The van der Waals surface area contributed by atoms with Crippen molar-refractivity contribution in [2.45, 2.75) is 18.9 Å². The molecule has 1 saturated carbocycles. The maximum atomic E-state index is 3.41. The van der Waals surface area contributed by atoms with Gasteiger partial charge in [0.15, 0.2) is 0 Å². The maximum Gasteiger partial charge on any atom is 0.0446 e. The van der Waals surface area contributed by atoms with Gasteiger partial charge in [0.25, 0.3) is 0 Å². The molecule has 0 radical (unpaired) electrons. The Hall–Kier alpha value is -1.48. The van der Waals surface area contributed by atoms with E-state index in [0.717, 1.165) is 38.8 Å². The minimum absolute atomic E-state index is 0.800. The smallest absolute Gasteiger partial charge is 0.0446 e. The van der Waals surface area contributed by atoms with Gasteiger partial charge < -0.3 is 15.1 Å². The number of hydrogen-bond donors (Lipinski definition) is 1. The van der Waals surface area contributed by atoms with Crippen LogP contribution in [0.1, 0.15) is 18.4 Å². The van der Waals surface area contributed by atoms with E-state index in [0.29, 0.717) is 0 Å². The molecule has 1 aromatic carbocycles. The van der Waals surface area contributed by atoms with Crippen molar-refractivity contribution in [3.05, 3.63) is 29.8 Å². The van der Waals surface area contributed by atoms with Crippen molar-refractivity contribution in [3.8, 4) is 0 Å². The van der Waals surface area contributed by atoms with E-state index in [1.807, 2.05) is 0 Å². The molecule has 19 heavy (non-hydrogen) atoms. The molecular weight excluding hydrogens is 234 g/mol. The fraction of sp³-hybridized carbons (Fsp3) is 0.500. The monoisotopic (exact) mass is 255 g/mol. The summed E-state index contributed by atoms with van der Waals surface area (Å²) in [6, 6.07) is 7.80. The summed E-state index contributed by atoms with van der Waals surface area (Å²) in [7, 11) is 0. The Balaban J connectivity index is 1.64. The summed E-state index contributed by atoms with van der Waals surface area (Å²) < 4.78 is 0. The molecule has 1 N–H and O–H groups in total. The van der Waals surface area contributed by atoms with Gasteiger partial charge in [0, 0.05) is 50.1 Å². The molecular formula is C16H21N3. The van der Waals surface area contributed by atoms with Crippen LogP contribution in [0.25, 0.3) is 6.08 Å². The molecule has 0 amide bonds. The van der Waals surface area contributed by atoms with E-state index >= 15 is 0 Å². The molecule has 1 aromatic rings. The van der Waals surface area contributed by atoms with Gasteiger partial charge in [-0.05, 0) is 36.6 Å². The van der Waals surface area contributed by atoms with Gasteiger partial charge in [-0.15, -0.1) is 0 Å². The van der Waals surface area contributed by atoms with Gasteiger partial charge in [0.2, 0.25) is 0 Å². The first-order valence-electron chi connectivity index (χ1n) is 7.45. The lowest BCUT2D eigenvalue weighted by molar-refractivity contribution is 0.589. The van der Waals surface area contributed by atoms with Gasteiger partial charge in [-0.25, -0.2) is 0 Å². The number of benzene rings is 1. The number of nitrogens with zero attached hydrogens (tertiary/aromatic N) is 2. The van der Waals surface area contributed by atoms with Crippen LogP contribution in [-0.2, 0) is 0 Å². The quantitative estimate of drug-likeness (QED) is 0.873. The van der Waals surface area contributed by atoms with Gasteiger partial charge in [-0.1, -0.05) is 12.2 Å². The van der Waals surface area contributed by atoms with E-state index in [-0.39, 0.29) is 0 Å². The Morgan fingerprint density at radius 2 is 1.95 bits per heavy atom. The highest BCUT2D eigenvalue weighted by atomic mass is 15.2. The van der Waals surface area contributed by atoms with Crippen LogP contribution in [0.15, 0.2) is 24.3 Å². The first kappa shape index (κ1) is 11.4. The second-order valence-corrected chi connectivity index (χ2v) is 5.77. The minimum atomic E-state index is 0.800. The third-order valence-corrected chi connectivity index (χ3v) is 4.39. The zero-order chi connectivity index (χ0) is 12.7. The molecule has 0 bridgehead atoms. The molecule has 3 heteroatoms. The third kappa shape index (κ3) is 2.12. The standard InChI is InChI=1S/C16H21N3/c1-2-13-12-15(18-10-7-17-8-11-18)5-6-16(13)19(9-1)14-3-4-14/h1-2,5-6,12,14,17H,3-4,7-11H2. The Labute approximate surface area is 114 Å². The molecule has 2 fully saturated rings. The van der Waals surface area contributed by atoms with Gasteiger partial charge in [0.05, 0.1) is 0 Å². The van der Waals surface area contributed by atoms with E-state index in [1.54, 1.807) is 0 Å². The van der Waals surface area contributed by atoms with Crippen LogP contribution in [0, 0.1) is 0 Å². The lowest BCUT2D eigenvalue weighted by Gasteiger charge is -2.32. The summed E-state index contributed by atoms with van der Waals surface area (Å²) in [5.41, 5.74) is 4.21. The van der Waals surface area contributed by atoms with Crippen molar-refractivity contribution in [3.63, 3.8) is 0 Å². The molecule has 0 aromatic heterocycles. The van der Waals surface area contributed by atoms with E-state index in [9.17, 15) is 0 Å². The van der Waals surface area contributed by atoms with E-state index in [4.69, 9.17) is 0 Å². The third-order valence-electron chi connectivity index (χ3n) is 4.39. The number of hydrogen-bond acceptors (Lipinski definition) is 3. The van der Waals surface area contributed by atoms with Crippen molar-refractivity contribution >= 4 is 17.5 Å². The summed E-state index contributed by atoms with van der Waals surface area (Å²) in [6.07, 6.45) is 7.34. The van der Waals surface area contributed by atoms with Crippen LogP contribution < -0.4 is 15.1 Å². The molecule has 3 aliphatic rings. The maximum absolute atomic E-state index is 3.41. The molecule has 0 spiro atoms. The first-order chi connectivity index (χ1) is 9.42. The summed E-state index contributed by atoms with van der Waals surface area (Å²) >= 11 is 0. The second-order valence-electron chi connectivity index (χ2n) is 5.77. The van der Waals surface area contributed by atoms with Crippen molar-refractivity contribution in [1.82, 2.24) is 5.32 Å². The van der Waals surface area contributed by atoms with Gasteiger partial charge in [-0.3, -0.25) is 0 Å². The Morgan fingerprint density at radius 3 is 2.74 bits per heavy atom. The molecule has 2 heterocycles. The van der Waals surface area contributed by atoms with E-state index < -0.39 is 0 Å². The molecule has 0 atom stereocenters. The molecule has 2 aliphatic heterocycles. The summed E-state index contributed by atoms with van der Waals surface area (Å²) in [5, 5.41) is 3.41. The topological polar surface area (TPSA) is 18.5 Å². The Bertz CT molecular complexity index is 499. The average molecular weight is 255 g/mol. The second kappa shape index (κ2) is 4.57. The minimum Gasteiger partial charge on any atom is -0.369 e. The van der Waals surface area contributed by atoms with Gasteiger partial charge >= 0.3 is 0 Å². The molecule has 1 saturated heterocycles. The zero-order valence-corrected chi connectivity index (χ0v) is 11.3. The highest BCUT2D eigenvalue weighted by Gasteiger charge is 2.30. The van der Waals surface area contributed by atoms with Crippen molar-refractivity contribution < 1.29 is 0 Å². The van der Waals surface area contributed by atoms with E-state index in [1.165, 1.54) is 29.8 Å². The Morgan fingerprint density at radius 1 is 1.11 bits per heavy atom. The highest BCUT2D eigenvalue weighted by molar-refractivity contribution is 5.75. The van der Waals surface area contributed by atoms with Gasteiger partial charge in [0.1, 0.15) is 0 Å². The number of nitrogens with one attached hydrogen (secondary N) is 1. The highest BCUT2D eigenvalue weighted by Crippen LogP contribution is 2.37. The number of piperazine rings is 1. The van der Waals surface area contributed by atoms with Crippen molar-refractivity contribution in [2.24, 2.45) is 0 Å². The zero-order valence-electron chi connectivity index (χ0n) is 11.3. The molecule has 3 nitrogen and oxygen atoms in total. The fourth-order valence-corrected chi connectivity index (χ4v) is 3.18. The number of rotatable bonds is 2.